The number of hydrogen-bond donors (Lipinski definition) is 2. The Balaban J connectivity index is 2.59. The second-order valence-corrected chi connectivity index (χ2v) is 4.31. The minimum atomic E-state index is 0.0960. The molecule has 4 nitrogen and oxygen atoms in total. The molecule has 0 unspecified atom stereocenters. The first-order chi connectivity index (χ1) is 8.00. The molecule has 0 aliphatic carbocycles. The van der Waals surface area contributed by atoms with Crippen LogP contribution >= 0.6 is 0 Å². The Morgan fingerprint density at radius 3 is 2.76 bits per heavy atom. The lowest BCUT2D eigenvalue weighted by Crippen LogP contribution is -2.24. The molecule has 0 atom stereocenters. The summed E-state index contributed by atoms with van der Waals surface area (Å²) in [6.45, 7) is 5.56. The second kappa shape index (κ2) is 6.25. The van der Waals surface area contributed by atoms with Crippen LogP contribution in [0.1, 0.15) is 19.4 Å². The van der Waals surface area contributed by atoms with E-state index >= 15 is 0 Å². The van der Waals surface area contributed by atoms with Gasteiger partial charge in [-0.1, -0.05) is 12.1 Å². The van der Waals surface area contributed by atoms with Gasteiger partial charge in [-0.3, -0.25) is 5.41 Å². The van der Waals surface area contributed by atoms with Crippen molar-refractivity contribution in [3.05, 3.63) is 29.8 Å². The van der Waals surface area contributed by atoms with Crippen molar-refractivity contribution in [2.75, 3.05) is 25.1 Å². The third-order valence-electron chi connectivity index (χ3n) is 2.48. The van der Waals surface area contributed by atoms with E-state index in [1.54, 1.807) is 0 Å². The van der Waals surface area contributed by atoms with Crippen LogP contribution in [0.3, 0.4) is 0 Å². The van der Waals surface area contributed by atoms with Gasteiger partial charge in [-0.2, -0.15) is 0 Å². The molecule has 0 aliphatic rings. The normalized spacial score (nSPS) is 10.6. The van der Waals surface area contributed by atoms with Crippen molar-refractivity contribution in [2.24, 2.45) is 5.73 Å². The summed E-state index contributed by atoms with van der Waals surface area (Å²) in [5.74, 6) is 0.0960. The van der Waals surface area contributed by atoms with E-state index in [0.29, 0.717) is 6.61 Å². The molecule has 17 heavy (non-hydrogen) atoms. The van der Waals surface area contributed by atoms with Gasteiger partial charge in [0.2, 0.25) is 0 Å². The van der Waals surface area contributed by atoms with Crippen molar-refractivity contribution in [3.8, 4) is 0 Å². The molecule has 0 fully saturated rings. The molecule has 1 rings (SSSR count). The lowest BCUT2D eigenvalue weighted by Gasteiger charge is -2.20. The van der Waals surface area contributed by atoms with Crippen LogP contribution in [0.5, 0.6) is 0 Å². The SMILES string of the molecule is CC(C)OCCN(C)c1cccc(C(=N)N)c1. The molecule has 94 valence electrons. The topological polar surface area (TPSA) is 62.3 Å². The summed E-state index contributed by atoms with van der Waals surface area (Å²) in [5, 5.41) is 7.40. The summed E-state index contributed by atoms with van der Waals surface area (Å²) >= 11 is 0. The van der Waals surface area contributed by atoms with E-state index in [0.717, 1.165) is 17.8 Å². The number of anilines is 1. The van der Waals surface area contributed by atoms with Crippen LogP contribution in [0.2, 0.25) is 0 Å². The number of rotatable bonds is 6. The maximum absolute atomic E-state index is 7.40. The number of ether oxygens (including phenoxy) is 1. The van der Waals surface area contributed by atoms with Crippen LogP contribution in [0.4, 0.5) is 5.69 Å². The Bertz CT molecular complexity index is 377. The van der Waals surface area contributed by atoms with Crippen molar-refractivity contribution in [3.63, 3.8) is 0 Å². The number of nitrogens with zero attached hydrogens (tertiary/aromatic N) is 1. The average molecular weight is 235 g/mol. The molecular weight excluding hydrogens is 214 g/mol. The molecule has 3 N–H and O–H groups in total. The molecular formula is C13H21N3O. The summed E-state index contributed by atoms with van der Waals surface area (Å²) in [6.07, 6.45) is 0.256. The standard InChI is InChI=1S/C13H21N3O/c1-10(2)17-8-7-16(3)12-6-4-5-11(9-12)13(14)15/h4-6,9-10H,7-8H2,1-3H3,(H3,14,15). The molecule has 1 aromatic rings. The number of amidine groups is 1. The molecule has 0 aliphatic heterocycles. The Morgan fingerprint density at radius 1 is 1.47 bits per heavy atom. The van der Waals surface area contributed by atoms with Gasteiger partial charge in [0.25, 0.3) is 0 Å². The lowest BCUT2D eigenvalue weighted by molar-refractivity contribution is 0.0846. The summed E-state index contributed by atoms with van der Waals surface area (Å²) < 4.78 is 5.50. The molecule has 0 spiro atoms. The molecule has 0 bridgehead atoms. The lowest BCUT2D eigenvalue weighted by atomic mass is 10.2. The van der Waals surface area contributed by atoms with Crippen molar-refractivity contribution in [2.45, 2.75) is 20.0 Å². The Labute approximate surface area is 103 Å². The van der Waals surface area contributed by atoms with Crippen LogP contribution in [-0.2, 0) is 4.74 Å². The van der Waals surface area contributed by atoms with Crippen molar-refractivity contribution >= 4 is 11.5 Å². The van der Waals surface area contributed by atoms with Crippen molar-refractivity contribution in [1.82, 2.24) is 0 Å². The van der Waals surface area contributed by atoms with Crippen LogP contribution in [0, 0.1) is 5.41 Å². The fraction of sp³-hybridized carbons (Fsp3) is 0.462. The smallest absolute Gasteiger partial charge is 0.122 e. The van der Waals surface area contributed by atoms with Crippen LogP contribution in [0.15, 0.2) is 24.3 Å². The molecule has 0 amide bonds. The van der Waals surface area contributed by atoms with Gasteiger partial charge in [0, 0.05) is 24.8 Å². The monoisotopic (exact) mass is 235 g/mol. The number of hydrogen-bond acceptors (Lipinski definition) is 3. The van der Waals surface area contributed by atoms with Gasteiger partial charge >= 0.3 is 0 Å². The van der Waals surface area contributed by atoms with E-state index in [1.807, 2.05) is 45.2 Å². The predicted octanol–water partition coefficient (Wildman–Crippen LogP) is 1.83. The first-order valence-electron chi connectivity index (χ1n) is 5.78. The third-order valence-corrected chi connectivity index (χ3v) is 2.48. The average Bonchev–Trinajstić information content (AvgIpc) is 2.28. The van der Waals surface area contributed by atoms with E-state index in [4.69, 9.17) is 15.9 Å². The number of nitrogens with two attached hydrogens (primary N) is 1. The van der Waals surface area contributed by atoms with Crippen molar-refractivity contribution < 1.29 is 4.74 Å². The highest BCUT2D eigenvalue weighted by Gasteiger charge is 2.03. The minimum Gasteiger partial charge on any atom is -0.384 e. The summed E-state index contributed by atoms with van der Waals surface area (Å²) in [5.41, 5.74) is 7.26. The molecule has 0 saturated heterocycles. The third kappa shape index (κ3) is 4.44. The molecule has 0 aromatic heterocycles. The van der Waals surface area contributed by atoms with E-state index < -0.39 is 0 Å². The van der Waals surface area contributed by atoms with Crippen LogP contribution < -0.4 is 10.6 Å². The Kier molecular flexibility index (Phi) is 4.97. The van der Waals surface area contributed by atoms with Crippen LogP contribution in [-0.4, -0.2) is 32.1 Å². The van der Waals surface area contributed by atoms with Gasteiger partial charge in [0.15, 0.2) is 0 Å². The highest BCUT2D eigenvalue weighted by molar-refractivity contribution is 5.95. The maximum Gasteiger partial charge on any atom is 0.122 e. The number of likely N-dealkylation sites (N-methyl/N-ethyl adjacent to an activating group) is 1. The molecule has 4 heteroatoms. The van der Waals surface area contributed by atoms with Crippen molar-refractivity contribution in [1.29, 1.82) is 5.41 Å². The molecule has 0 saturated carbocycles. The first-order valence-corrected chi connectivity index (χ1v) is 5.78. The van der Waals surface area contributed by atoms with Gasteiger partial charge in [0.05, 0.1) is 12.7 Å². The zero-order chi connectivity index (χ0) is 12.8. The maximum atomic E-state index is 7.40. The fourth-order valence-electron chi connectivity index (χ4n) is 1.47. The summed E-state index contributed by atoms with van der Waals surface area (Å²) in [7, 11) is 2.00. The minimum absolute atomic E-state index is 0.0960. The Hall–Kier alpha value is -1.55. The number of nitrogen functional groups attached to an aromatic ring is 1. The quantitative estimate of drug-likeness (QED) is 0.584. The Morgan fingerprint density at radius 2 is 2.18 bits per heavy atom. The van der Waals surface area contributed by atoms with E-state index in [2.05, 4.69) is 4.90 Å². The van der Waals surface area contributed by atoms with E-state index in [-0.39, 0.29) is 11.9 Å². The molecule has 1 aromatic carbocycles. The van der Waals surface area contributed by atoms with Gasteiger partial charge in [0.1, 0.15) is 5.84 Å². The summed E-state index contributed by atoms with van der Waals surface area (Å²) in [6, 6.07) is 7.66. The van der Waals surface area contributed by atoms with Gasteiger partial charge in [-0.25, -0.2) is 0 Å². The van der Waals surface area contributed by atoms with Crippen LogP contribution in [0.25, 0.3) is 0 Å². The molecule has 0 radical (unpaired) electrons. The highest BCUT2D eigenvalue weighted by Crippen LogP contribution is 2.14. The number of nitrogens with one attached hydrogen (secondary N) is 1. The second-order valence-electron chi connectivity index (χ2n) is 4.31. The van der Waals surface area contributed by atoms with E-state index in [9.17, 15) is 0 Å². The fourth-order valence-corrected chi connectivity index (χ4v) is 1.47. The first kappa shape index (κ1) is 13.5. The highest BCUT2D eigenvalue weighted by atomic mass is 16.5. The number of benzene rings is 1. The van der Waals surface area contributed by atoms with Gasteiger partial charge in [-0.05, 0) is 26.0 Å². The molecule has 0 heterocycles. The van der Waals surface area contributed by atoms with E-state index in [1.165, 1.54) is 0 Å². The van der Waals surface area contributed by atoms with Gasteiger partial charge in [-0.15, -0.1) is 0 Å². The summed E-state index contributed by atoms with van der Waals surface area (Å²) in [4.78, 5) is 2.09. The largest absolute Gasteiger partial charge is 0.384 e. The zero-order valence-corrected chi connectivity index (χ0v) is 10.7. The zero-order valence-electron chi connectivity index (χ0n) is 10.7. The van der Waals surface area contributed by atoms with Gasteiger partial charge < -0.3 is 15.4 Å². The predicted molar refractivity (Wildman–Crippen MR) is 71.8 cm³/mol.